The summed E-state index contributed by atoms with van der Waals surface area (Å²) in [4.78, 5) is 13.8. The predicted octanol–water partition coefficient (Wildman–Crippen LogP) is 0.855. The monoisotopic (exact) mass is 228 g/mol. The van der Waals surface area contributed by atoms with Gasteiger partial charge in [0.25, 0.3) is 0 Å². The summed E-state index contributed by atoms with van der Waals surface area (Å²) in [5.41, 5.74) is 5.74. The van der Waals surface area contributed by atoms with E-state index in [-0.39, 0.29) is 5.91 Å². The minimum Gasteiger partial charge on any atom is -0.383 e. The number of likely N-dealkylation sites (tertiary alicyclic amines) is 1. The quantitative estimate of drug-likeness (QED) is 0.776. The number of nitrogens with zero attached hydrogens (tertiary/aromatic N) is 1. The van der Waals surface area contributed by atoms with Crippen molar-refractivity contribution in [3.05, 3.63) is 0 Å². The minimum absolute atomic E-state index is 0.0315. The zero-order valence-corrected chi connectivity index (χ0v) is 10.6. The third kappa shape index (κ3) is 3.46. The fourth-order valence-electron chi connectivity index (χ4n) is 2.27. The van der Waals surface area contributed by atoms with Crippen molar-refractivity contribution in [3.8, 4) is 0 Å². The fourth-order valence-corrected chi connectivity index (χ4v) is 2.27. The maximum atomic E-state index is 11.9. The van der Waals surface area contributed by atoms with Gasteiger partial charge in [0.1, 0.15) is 6.04 Å². The van der Waals surface area contributed by atoms with Gasteiger partial charge in [0.15, 0.2) is 0 Å². The van der Waals surface area contributed by atoms with Crippen molar-refractivity contribution in [3.63, 3.8) is 0 Å². The molecule has 0 aromatic carbocycles. The number of hydrogen-bond donors (Lipinski definition) is 1. The van der Waals surface area contributed by atoms with E-state index in [1.807, 2.05) is 4.90 Å². The molecule has 0 saturated carbocycles. The van der Waals surface area contributed by atoms with E-state index >= 15 is 0 Å². The molecule has 4 nitrogen and oxygen atoms in total. The van der Waals surface area contributed by atoms with Crippen LogP contribution in [0.1, 0.15) is 26.7 Å². The lowest BCUT2D eigenvalue weighted by Crippen LogP contribution is -2.49. The number of methoxy groups -OCH3 is 1. The first-order valence-electron chi connectivity index (χ1n) is 6.09. The molecule has 0 radical (unpaired) electrons. The molecule has 2 N–H and O–H groups in total. The van der Waals surface area contributed by atoms with E-state index in [0.29, 0.717) is 12.5 Å². The second-order valence-electron chi connectivity index (χ2n) is 4.97. The molecule has 1 heterocycles. The van der Waals surface area contributed by atoms with Crippen LogP contribution in [0.25, 0.3) is 0 Å². The maximum Gasteiger partial charge on any atom is 0.241 e. The Morgan fingerprint density at radius 2 is 2.00 bits per heavy atom. The van der Waals surface area contributed by atoms with Crippen LogP contribution in [0.5, 0.6) is 0 Å². The van der Waals surface area contributed by atoms with Crippen LogP contribution in [0.2, 0.25) is 0 Å². The van der Waals surface area contributed by atoms with Crippen molar-refractivity contribution >= 4 is 5.91 Å². The largest absolute Gasteiger partial charge is 0.383 e. The van der Waals surface area contributed by atoms with Crippen LogP contribution in [-0.2, 0) is 9.53 Å². The Morgan fingerprint density at radius 1 is 1.44 bits per heavy atom. The smallest absolute Gasteiger partial charge is 0.241 e. The second-order valence-corrected chi connectivity index (χ2v) is 4.97. The lowest BCUT2D eigenvalue weighted by molar-refractivity contribution is -0.135. The lowest BCUT2D eigenvalue weighted by atomic mass is 9.86. The molecule has 4 heteroatoms. The Morgan fingerprint density at radius 3 is 2.44 bits per heavy atom. The number of hydrogen-bond acceptors (Lipinski definition) is 3. The van der Waals surface area contributed by atoms with E-state index < -0.39 is 6.04 Å². The van der Waals surface area contributed by atoms with Gasteiger partial charge in [-0.1, -0.05) is 13.8 Å². The summed E-state index contributed by atoms with van der Waals surface area (Å²) < 4.78 is 4.90. The van der Waals surface area contributed by atoms with Crippen LogP contribution >= 0.6 is 0 Å². The normalized spacial score (nSPS) is 20.2. The first-order valence-corrected chi connectivity index (χ1v) is 6.09. The number of amides is 1. The highest BCUT2D eigenvalue weighted by Crippen LogP contribution is 2.24. The summed E-state index contributed by atoms with van der Waals surface area (Å²) in [6.07, 6.45) is 2.20. The standard InChI is InChI=1S/C12H24N2O2/c1-9(2)10-4-6-14(7-5-10)12(15)11(13)8-16-3/h9-11H,4-8,13H2,1-3H3. The molecule has 1 atom stereocenters. The second kappa shape index (κ2) is 6.21. The first-order chi connectivity index (χ1) is 7.56. The van der Waals surface area contributed by atoms with Crippen molar-refractivity contribution in [2.75, 3.05) is 26.8 Å². The Kier molecular flexibility index (Phi) is 5.22. The molecule has 1 aliphatic heterocycles. The van der Waals surface area contributed by atoms with Crippen molar-refractivity contribution in [1.82, 2.24) is 4.90 Å². The van der Waals surface area contributed by atoms with Gasteiger partial charge in [-0.25, -0.2) is 0 Å². The Bertz CT molecular complexity index is 223. The number of nitrogens with two attached hydrogens (primary N) is 1. The number of rotatable bonds is 4. The van der Waals surface area contributed by atoms with Crippen molar-refractivity contribution < 1.29 is 9.53 Å². The predicted molar refractivity (Wildman–Crippen MR) is 64.0 cm³/mol. The third-order valence-electron chi connectivity index (χ3n) is 3.46. The zero-order chi connectivity index (χ0) is 12.1. The summed E-state index contributed by atoms with van der Waals surface area (Å²) in [5.74, 6) is 1.50. The molecular formula is C12H24N2O2. The van der Waals surface area contributed by atoms with Crippen LogP contribution in [0.15, 0.2) is 0 Å². The van der Waals surface area contributed by atoms with E-state index in [4.69, 9.17) is 10.5 Å². The number of carbonyl (C=O) groups excluding carboxylic acids is 1. The lowest BCUT2D eigenvalue weighted by Gasteiger charge is -2.35. The summed E-state index contributed by atoms with van der Waals surface area (Å²) in [6, 6.07) is -0.499. The number of carbonyl (C=O) groups is 1. The Balaban J connectivity index is 2.38. The average Bonchev–Trinajstić information content (AvgIpc) is 2.28. The molecule has 0 aliphatic carbocycles. The summed E-state index contributed by atoms with van der Waals surface area (Å²) >= 11 is 0. The topological polar surface area (TPSA) is 55.6 Å². The molecule has 0 aromatic rings. The molecular weight excluding hydrogens is 204 g/mol. The SMILES string of the molecule is COCC(N)C(=O)N1CCC(C(C)C)CC1. The van der Waals surface area contributed by atoms with Gasteiger partial charge in [0.2, 0.25) is 5.91 Å². The van der Waals surface area contributed by atoms with E-state index in [2.05, 4.69) is 13.8 Å². The molecule has 94 valence electrons. The van der Waals surface area contributed by atoms with Gasteiger partial charge in [0.05, 0.1) is 6.61 Å². The molecule has 1 aliphatic rings. The van der Waals surface area contributed by atoms with Crippen LogP contribution in [0.4, 0.5) is 0 Å². The van der Waals surface area contributed by atoms with E-state index in [1.54, 1.807) is 7.11 Å². The fraction of sp³-hybridized carbons (Fsp3) is 0.917. The number of piperidine rings is 1. The number of ether oxygens (including phenoxy) is 1. The van der Waals surface area contributed by atoms with Gasteiger partial charge in [-0.2, -0.15) is 0 Å². The van der Waals surface area contributed by atoms with Crippen LogP contribution in [0, 0.1) is 11.8 Å². The van der Waals surface area contributed by atoms with Gasteiger partial charge in [-0.15, -0.1) is 0 Å². The van der Waals surface area contributed by atoms with E-state index in [1.165, 1.54) is 0 Å². The molecule has 1 fully saturated rings. The molecule has 1 saturated heterocycles. The Hall–Kier alpha value is -0.610. The van der Waals surface area contributed by atoms with Crippen molar-refractivity contribution in [2.24, 2.45) is 17.6 Å². The van der Waals surface area contributed by atoms with Crippen LogP contribution in [0.3, 0.4) is 0 Å². The average molecular weight is 228 g/mol. The highest BCUT2D eigenvalue weighted by Gasteiger charge is 2.27. The van der Waals surface area contributed by atoms with Crippen molar-refractivity contribution in [2.45, 2.75) is 32.7 Å². The minimum atomic E-state index is -0.499. The summed E-state index contributed by atoms with van der Waals surface area (Å²) in [7, 11) is 1.57. The zero-order valence-electron chi connectivity index (χ0n) is 10.6. The van der Waals surface area contributed by atoms with E-state index in [9.17, 15) is 4.79 Å². The molecule has 1 rings (SSSR count). The summed E-state index contributed by atoms with van der Waals surface area (Å²) in [6.45, 7) is 6.50. The van der Waals surface area contributed by atoms with Gasteiger partial charge < -0.3 is 15.4 Å². The highest BCUT2D eigenvalue weighted by atomic mass is 16.5. The molecule has 1 amide bonds. The molecule has 16 heavy (non-hydrogen) atoms. The maximum absolute atomic E-state index is 11.9. The van der Waals surface area contributed by atoms with Gasteiger partial charge >= 0.3 is 0 Å². The van der Waals surface area contributed by atoms with Gasteiger partial charge in [0, 0.05) is 20.2 Å². The summed E-state index contributed by atoms with van der Waals surface area (Å²) in [5, 5.41) is 0. The molecule has 1 unspecified atom stereocenters. The van der Waals surface area contributed by atoms with E-state index in [0.717, 1.165) is 31.8 Å². The highest BCUT2D eigenvalue weighted by molar-refractivity contribution is 5.81. The van der Waals surface area contributed by atoms with Gasteiger partial charge in [-0.05, 0) is 24.7 Å². The van der Waals surface area contributed by atoms with Crippen LogP contribution < -0.4 is 5.73 Å². The third-order valence-corrected chi connectivity index (χ3v) is 3.46. The molecule has 0 spiro atoms. The van der Waals surface area contributed by atoms with Crippen LogP contribution in [-0.4, -0.2) is 43.7 Å². The Labute approximate surface area is 98.1 Å². The molecule has 0 aromatic heterocycles. The van der Waals surface area contributed by atoms with Crippen molar-refractivity contribution in [1.29, 1.82) is 0 Å². The first kappa shape index (κ1) is 13.5. The van der Waals surface area contributed by atoms with Gasteiger partial charge in [-0.3, -0.25) is 4.79 Å². The molecule has 0 bridgehead atoms.